The molecule has 4 aromatic rings. The molecule has 0 aliphatic heterocycles. The zero-order chi connectivity index (χ0) is 21.6. The summed E-state index contributed by atoms with van der Waals surface area (Å²) in [4.78, 5) is 18.2. The van der Waals surface area contributed by atoms with E-state index in [1.54, 1.807) is 43.1 Å². The lowest BCUT2D eigenvalue weighted by Gasteiger charge is -2.15. The van der Waals surface area contributed by atoms with Crippen LogP contribution in [-0.2, 0) is 0 Å². The number of methoxy groups -OCH3 is 1. The molecule has 0 fully saturated rings. The van der Waals surface area contributed by atoms with Gasteiger partial charge in [0.25, 0.3) is 0 Å². The predicted octanol–water partition coefficient (Wildman–Crippen LogP) is 6.84. The number of hydrogen-bond donors (Lipinski definition) is 0. The third-order valence-corrected chi connectivity index (χ3v) is 6.24. The average Bonchev–Trinajstić information content (AvgIpc) is 2.84. The van der Waals surface area contributed by atoms with Gasteiger partial charge in [0.1, 0.15) is 10.8 Å². The van der Waals surface area contributed by atoms with E-state index in [1.807, 2.05) is 60.7 Å². The molecule has 3 nitrogen and oxygen atoms in total. The Hall–Kier alpha value is -3.37. The Labute approximate surface area is 187 Å². The Morgan fingerprint density at radius 3 is 2.13 bits per heavy atom. The highest BCUT2D eigenvalue weighted by molar-refractivity contribution is 7.99. The largest absolute Gasteiger partial charge is 0.497 e. The third kappa shape index (κ3) is 4.86. The minimum Gasteiger partial charge on any atom is -0.497 e. The summed E-state index contributed by atoms with van der Waals surface area (Å²) >= 11 is 1.61. The van der Waals surface area contributed by atoms with Crippen LogP contribution in [0.15, 0.2) is 102 Å². The minimum atomic E-state index is -0.0440. The van der Waals surface area contributed by atoms with E-state index in [9.17, 15) is 4.79 Å². The van der Waals surface area contributed by atoms with Crippen molar-refractivity contribution in [2.45, 2.75) is 17.2 Å². The summed E-state index contributed by atoms with van der Waals surface area (Å²) in [5.41, 5.74) is 4.30. The molecule has 0 bridgehead atoms. The number of rotatable bonds is 7. The van der Waals surface area contributed by atoms with Gasteiger partial charge in [0.05, 0.1) is 18.4 Å². The van der Waals surface area contributed by atoms with Gasteiger partial charge in [-0.15, -0.1) is 0 Å². The van der Waals surface area contributed by atoms with E-state index in [4.69, 9.17) is 9.72 Å². The second-order valence-corrected chi connectivity index (χ2v) is 8.47. The first-order chi connectivity index (χ1) is 15.2. The summed E-state index contributed by atoms with van der Waals surface area (Å²) in [5, 5.41) is 0.890. The van der Waals surface area contributed by atoms with Crippen LogP contribution >= 0.6 is 11.8 Å². The summed E-state index contributed by atoms with van der Waals surface area (Å²) in [5.74, 6) is 0.680. The standard InChI is InChI=1S/C27H23NO2S/c1-19(20-9-5-3-6-10-20)31-27-24(26(29)22-13-15-23(30-2)16-14-22)17-18-25(28-27)21-11-7-4-8-12-21/h3-19H,1-2H3. The van der Waals surface area contributed by atoms with E-state index in [2.05, 4.69) is 19.1 Å². The summed E-state index contributed by atoms with van der Waals surface area (Å²) < 4.78 is 5.22. The van der Waals surface area contributed by atoms with Crippen molar-refractivity contribution in [1.29, 1.82) is 0 Å². The lowest BCUT2D eigenvalue weighted by atomic mass is 10.0. The molecule has 0 spiro atoms. The number of nitrogens with zero attached hydrogens (tertiary/aromatic N) is 1. The Morgan fingerprint density at radius 1 is 0.839 bits per heavy atom. The van der Waals surface area contributed by atoms with Crippen molar-refractivity contribution >= 4 is 17.5 Å². The lowest BCUT2D eigenvalue weighted by Crippen LogP contribution is -2.06. The van der Waals surface area contributed by atoms with E-state index in [0.29, 0.717) is 11.1 Å². The van der Waals surface area contributed by atoms with Gasteiger partial charge in [-0.25, -0.2) is 4.98 Å². The maximum Gasteiger partial charge on any atom is 0.195 e. The Bertz CT molecular complexity index is 1160. The van der Waals surface area contributed by atoms with Crippen LogP contribution in [0.5, 0.6) is 5.75 Å². The third-order valence-electron chi connectivity index (χ3n) is 5.08. The van der Waals surface area contributed by atoms with Crippen molar-refractivity contribution in [3.8, 4) is 17.0 Å². The number of ketones is 1. The van der Waals surface area contributed by atoms with E-state index in [0.717, 1.165) is 22.0 Å². The summed E-state index contributed by atoms with van der Waals surface area (Å²) in [7, 11) is 1.61. The molecule has 3 aromatic carbocycles. The zero-order valence-electron chi connectivity index (χ0n) is 17.5. The number of pyridine rings is 1. The van der Waals surface area contributed by atoms with Crippen LogP contribution in [0, 0.1) is 0 Å². The Kier molecular flexibility index (Phi) is 6.48. The van der Waals surface area contributed by atoms with Crippen LogP contribution in [0.4, 0.5) is 0 Å². The van der Waals surface area contributed by atoms with E-state index < -0.39 is 0 Å². The molecule has 0 radical (unpaired) electrons. The lowest BCUT2D eigenvalue weighted by molar-refractivity contribution is 0.103. The minimum absolute atomic E-state index is 0.0440. The van der Waals surface area contributed by atoms with Gasteiger partial charge >= 0.3 is 0 Å². The number of ether oxygens (including phenoxy) is 1. The number of carbonyl (C=O) groups is 1. The van der Waals surface area contributed by atoms with Crippen molar-refractivity contribution < 1.29 is 9.53 Å². The molecule has 0 saturated carbocycles. The van der Waals surface area contributed by atoms with E-state index in [-0.39, 0.29) is 11.0 Å². The second kappa shape index (κ2) is 9.63. The maximum absolute atomic E-state index is 13.3. The Balaban J connectivity index is 1.73. The van der Waals surface area contributed by atoms with Crippen molar-refractivity contribution in [2.75, 3.05) is 7.11 Å². The molecule has 0 saturated heterocycles. The average molecular weight is 426 g/mol. The van der Waals surface area contributed by atoms with Crippen molar-refractivity contribution in [1.82, 2.24) is 4.98 Å². The number of benzene rings is 3. The topological polar surface area (TPSA) is 39.2 Å². The first-order valence-electron chi connectivity index (χ1n) is 10.1. The second-order valence-electron chi connectivity index (χ2n) is 7.14. The molecular formula is C27H23NO2S. The van der Waals surface area contributed by atoms with Gasteiger partial charge in [-0.05, 0) is 48.9 Å². The van der Waals surface area contributed by atoms with E-state index in [1.165, 1.54) is 5.56 Å². The van der Waals surface area contributed by atoms with Crippen LogP contribution in [0.25, 0.3) is 11.3 Å². The zero-order valence-corrected chi connectivity index (χ0v) is 18.3. The van der Waals surface area contributed by atoms with Crippen LogP contribution < -0.4 is 4.74 Å². The highest BCUT2D eigenvalue weighted by Crippen LogP contribution is 2.37. The predicted molar refractivity (Wildman–Crippen MR) is 127 cm³/mol. The molecule has 0 aliphatic carbocycles. The highest BCUT2D eigenvalue weighted by Gasteiger charge is 2.19. The van der Waals surface area contributed by atoms with Crippen molar-refractivity contribution in [3.05, 3.63) is 114 Å². The quantitative estimate of drug-likeness (QED) is 0.240. The normalized spacial score (nSPS) is 11.7. The molecule has 0 aliphatic rings. The van der Waals surface area contributed by atoms with Gasteiger partial charge in [0.2, 0.25) is 0 Å². The van der Waals surface area contributed by atoms with Gasteiger partial charge < -0.3 is 4.74 Å². The molecule has 1 aromatic heterocycles. The van der Waals surface area contributed by atoms with Crippen LogP contribution in [0.1, 0.15) is 33.7 Å². The molecule has 0 N–H and O–H groups in total. The molecular weight excluding hydrogens is 402 g/mol. The first kappa shape index (κ1) is 20.9. The van der Waals surface area contributed by atoms with Crippen molar-refractivity contribution in [2.24, 2.45) is 0 Å². The molecule has 154 valence electrons. The smallest absolute Gasteiger partial charge is 0.195 e. The van der Waals surface area contributed by atoms with Crippen LogP contribution in [0.3, 0.4) is 0 Å². The SMILES string of the molecule is COc1ccc(C(=O)c2ccc(-c3ccccc3)nc2SC(C)c2ccccc2)cc1. The molecule has 1 heterocycles. The molecule has 1 unspecified atom stereocenters. The summed E-state index contributed by atoms with van der Waals surface area (Å²) in [6.45, 7) is 2.14. The number of thioether (sulfide) groups is 1. The molecule has 1 atom stereocenters. The summed E-state index contributed by atoms with van der Waals surface area (Å²) in [6, 6.07) is 31.3. The molecule has 4 rings (SSSR count). The number of carbonyl (C=O) groups excluding carboxylic acids is 1. The van der Waals surface area contributed by atoms with Crippen LogP contribution in [0.2, 0.25) is 0 Å². The van der Waals surface area contributed by atoms with Crippen molar-refractivity contribution in [3.63, 3.8) is 0 Å². The fourth-order valence-electron chi connectivity index (χ4n) is 3.33. The maximum atomic E-state index is 13.3. The Morgan fingerprint density at radius 2 is 1.48 bits per heavy atom. The summed E-state index contributed by atoms with van der Waals surface area (Å²) in [6.07, 6.45) is 0. The monoisotopic (exact) mass is 425 g/mol. The van der Waals surface area contributed by atoms with Gasteiger partial charge in [0.15, 0.2) is 5.78 Å². The first-order valence-corrected chi connectivity index (χ1v) is 11.0. The number of hydrogen-bond acceptors (Lipinski definition) is 4. The fraction of sp³-hybridized carbons (Fsp3) is 0.111. The molecule has 31 heavy (non-hydrogen) atoms. The fourth-order valence-corrected chi connectivity index (χ4v) is 4.40. The van der Waals surface area contributed by atoms with Gasteiger partial charge in [0, 0.05) is 16.4 Å². The van der Waals surface area contributed by atoms with Gasteiger partial charge in [-0.3, -0.25) is 4.79 Å². The highest BCUT2D eigenvalue weighted by atomic mass is 32.2. The van der Waals surface area contributed by atoms with Gasteiger partial charge in [-0.2, -0.15) is 0 Å². The molecule has 0 amide bonds. The molecule has 4 heteroatoms. The van der Waals surface area contributed by atoms with Crippen LogP contribution in [-0.4, -0.2) is 17.9 Å². The van der Waals surface area contributed by atoms with E-state index >= 15 is 0 Å². The number of aromatic nitrogens is 1. The van der Waals surface area contributed by atoms with Gasteiger partial charge in [-0.1, -0.05) is 72.4 Å².